The number of nitrogens with one attached hydrogen (secondary N) is 1. The molecule has 0 bridgehead atoms. The SMILES string of the molecule is CC(=O)N1CCCCC1C(=O)N(N)S(=O)(=O)c1cccc2c1NCC(C)C2. The van der Waals surface area contributed by atoms with Gasteiger partial charge < -0.3 is 10.2 Å². The maximum absolute atomic E-state index is 13.1. The number of hydrogen-bond acceptors (Lipinski definition) is 6. The quantitative estimate of drug-likeness (QED) is 0.451. The van der Waals surface area contributed by atoms with E-state index in [0.717, 1.165) is 24.8 Å². The number of anilines is 1. The van der Waals surface area contributed by atoms with E-state index in [-0.39, 0.29) is 10.8 Å². The molecule has 0 spiro atoms. The van der Waals surface area contributed by atoms with E-state index in [1.165, 1.54) is 17.9 Å². The van der Waals surface area contributed by atoms with Crippen molar-refractivity contribution in [3.63, 3.8) is 0 Å². The van der Waals surface area contributed by atoms with Crippen molar-refractivity contribution in [2.75, 3.05) is 18.4 Å². The van der Waals surface area contributed by atoms with Gasteiger partial charge in [0.25, 0.3) is 15.9 Å². The number of benzene rings is 1. The summed E-state index contributed by atoms with van der Waals surface area (Å²) in [6.07, 6.45) is 2.69. The number of likely N-dealkylation sites (tertiary alicyclic amines) is 1. The molecule has 0 aliphatic carbocycles. The predicted octanol–water partition coefficient (Wildman–Crippen LogP) is 1.08. The van der Waals surface area contributed by atoms with E-state index in [0.29, 0.717) is 35.5 Å². The van der Waals surface area contributed by atoms with Crippen LogP contribution in [0, 0.1) is 5.92 Å². The van der Waals surface area contributed by atoms with E-state index in [1.54, 1.807) is 6.07 Å². The first-order valence-electron chi connectivity index (χ1n) is 9.20. The van der Waals surface area contributed by atoms with E-state index >= 15 is 0 Å². The van der Waals surface area contributed by atoms with Gasteiger partial charge in [0, 0.05) is 20.0 Å². The molecule has 1 aromatic carbocycles. The molecule has 2 aliphatic heterocycles. The zero-order chi connectivity index (χ0) is 19.8. The highest BCUT2D eigenvalue weighted by Gasteiger charge is 2.38. The van der Waals surface area contributed by atoms with Crippen LogP contribution in [0.4, 0.5) is 5.69 Å². The van der Waals surface area contributed by atoms with Crippen LogP contribution in [0.25, 0.3) is 0 Å². The molecule has 27 heavy (non-hydrogen) atoms. The van der Waals surface area contributed by atoms with Crippen molar-refractivity contribution in [2.24, 2.45) is 11.8 Å². The van der Waals surface area contributed by atoms with E-state index in [2.05, 4.69) is 12.2 Å². The first-order chi connectivity index (χ1) is 12.7. The number of sulfonamides is 1. The van der Waals surface area contributed by atoms with Gasteiger partial charge in [0.05, 0.1) is 5.69 Å². The lowest BCUT2D eigenvalue weighted by molar-refractivity contribution is -0.143. The minimum Gasteiger partial charge on any atom is -0.383 e. The zero-order valence-corrected chi connectivity index (χ0v) is 16.5. The summed E-state index contributed by atoms with van der Waals surface area (Å²) >= 11 is 0. The first-order valence-corrected chi connectivity index (χ1v) is 10.6. The van der Waals surface area contributed by atoms with Gasteiger partial charge in [-0.25, -0.2) is 5.84 Å². The summed E-state index contributed by atoms with van der Waals surface area (Å²) in [5.41, 5.74) is 1.39. The molecule has 8 nitrogen and oxygen atoms in total. The number of nitrogens with zero attached hydrogens (tertiary/aromatic N) is 2. The van der Waals surface area contributed by atoms with Gasteiger partial charge in [-0.15, -0.1) is 0 Å². The van der Waals surface area contributed by atoms with Crippen molar-refractivity contribution in [2.45, 2.75) is 50.5 Å². The molecule has 148 valence electrons. The standard InChI is InChI=1S/C18H26N4O4S/c1-12-10-14-6-5-8-16(17(14)20-11-12)27(25,26)22(19)18(24)15-7-3-4-9-21(15)13(2)23/h5-6,8,12,15,20H,3-4,7,9-11,19H2,1-2H3. The fourth-order valence-electron chi connectivity index (χ4n) is 3.82. The number of fused-ring (bicyclic) bond motifs is 1. The van der Waals surface area contributed by atoms with E-state index in [4.69, 9.17) is 5.84 Å². The van der Waals surface area contributed by atoms with Gasteiger partial charge in [-0.1, -0.05) is 19.1 Å². The summed E-state index contributed by atoms with van der Waals surface area (Å²) in [4.78, 5) is 26.1. The van der Waals surface area contributed by atoms with E-state index in [9.17, 15) is 18.0 Å². The van der Waals surface area contributed by atoms with Crippen molar-refractivity contribution < 1.29 is 18.0 Å². The third-order valence-electron chi connectivity index (χ3n) is 5.25. The normalized spacial score (nSPS) is 22.6. The first kappa shape index (κ1) is 19.6. The molecule has 9 heteroatoms. The molecule has 3 rings (SSSR count). The molecule has 2 atom stereocenters. The molecule has 1 aromatic rings. The molecule has 1 fully saturated rings. The summed E-state index contributed by atoms with van der Waals surface area (Å²) in [6.45, 7) is 4.54. The summed E-state index contributed by atoms with van der Waals surface area (Å²) in [5, 5.41) is 3.15. The Morgan fingerprint density at radius 1 is 1.30 bits per heavy atom. The lowest BCUT2D eigenvalue weighted by atomic mass is 9.96. The largest absolute Gasteiger partial charge is 0.383 e. The summed E-state index contributed by atoms with van der Waals surface area (Å²) in [7, 11) is -4.23. The summed E-state index contributed by atoms with van der Waals surface area (Å²) < 4.78 is 26.5. The van der Waals surface area contributed by atoms with Crippen molar-refractivity contribution >= 4 is 27.5 Å². The van der Waals surface area contributed by atoms with Crippen LogP contribution in [0.5, 0.6) is 0 Å². The van der Waals surface area contributed by atoms with Crippen molar-refractivity contribution in [1.82, 2.24) is 9.31 Å². The molecule has 0 saturated carbocycles. The Balaban J connectivity index is 1.92. The molecule has 1 saturated heterocycles. The number of carbonyl (C=O) groups is 2. The number of amides is 2. The average molecular weight is 394 g/mol. The third kappa shape index (κ3) is 3.66. The Labute approximate surface area is 159 Å². The van der Waals surface area contributed by atoms with Crippen LogP contribution in [0.1, 0.15) is 38.7 Å². The second kappa shape index (κ2) is 7.47. The van der Waals surface area contributed by atoms with Gasteiger partial charge in [-0.3, -0.25) is 9.59 Å². The maximum atomic E-state index is 13.1. The Hall–Kier alpha value is -2.13. The summed E-state index contributed by atoms with van der Waals surface area (Å²) in [5.74, 6) is 5.17. The minimum absolute atomic E-state index is 0.00654. The second-order valence-corrected chi connectivity index (χ2v) is 9.13. The predicted molar refractivity (Wildman–Crippen MR) is 101 cm³/mol. The topological polar surface area (TPSA) is 113 Å². The third-order valence-corrected chi connectivity index (χ3v) is 6.85. The molecule has 2 heterocycles. The van der Waals surface area contributed by atoms with Crippen molar-refractivity contribution in [3.8, 4) is 0 Å². The van der Waals surface area contributed by atoms with Crippen molar-refractivity contribution in [3.05, 3.63) is 23.8 Å². The summed E-state index contributed by atoms with van der Waals surface area (Å²) in [6, 6.07) is 4.14. The van der Waals surface area contributed by atoms with Crippen LogP contribution >= 0.6 is 0 Å². The van der Waals surface area contributed by atoms with Gasteiger partial charge in [0.1, 0.15) is 10.9 Å². The zero-order valence-electron chi connectivity index (χ0n) is 15.6. The van der Waals surface area contributed by atoms with Gasteiger partial charge in [-0.2, -0.15) is 12.8 Å². The maximum Gasteiger partial charge on any atom is 0.282 e. The van der Waals surface area contributed by atoms with Crippen LogP contribution < -0.4 is 11.2 Å². The van der Waals surface area contributed by atoms with E-state index in [1.807, 2.05) is 6.07 Å². The number of hydrazine groups is 1. The van der Waals surface area contributed by atoms with Gasteiger partial charge in [-0.05, 0) is 43.2 Å². The van der Waals surface area contributed by atoms with Crippen LogP contribution in [-0.2, 0) is 26.0 Å². The molecule has 2 amide bonds. The Kier molecular flexibility index (Phi) is 5.43. The number of rotatable bonds is 3. The Morgan fingerprint density at radius 2 is 2.04 bits per heavy atom. The number of nitrogens with two attached hydrogens (primary N) is 1. The molecular formula is C18H26N4O4S. The smallest absolute Gasteiger partial charge is 0.282 e. The molecule has 0 aromatic heterocycles. The Morgan fingerprint density at radius 3 is 2.74 bits per heavy atom. The van der Waals surface area contributed by atoms with Crippen LogP contribution in [-0.4, -0.2) is 48.7 Å². The van der Waals surface area contributed by atoms with Gasteiger partial charge in [0.15, 0.2) is 0 Å². The molecule has 3 N–H and O–H groups in total. The highest BCUT2D eigenvalue weighted by Crippen LogP contribution is 2.32. The average Bonchev–Trinajstić information content (AvgIpc) is 2.65. The van der Waals surface area contributed by atoms with Crippen LogP contribution in [0.2, 0.25) is 0 Å². The molecular weight excluding hydrogens is 368 g/mol. The number of hydrogen-bond donors (Lipinski definition) is 2. The van der Waals surface area contributed by atoms with Crippen LogP contribution in [0.15, 0.2) is 23.1 Å². The highest BCUT2D eigenvalue weighted by molar-refractivity contribution is 7.89. The van der Waals surface area contributed by atoms with Crippen molar-refractivity contribution in [1.29, 1.82) is 0 Å². The second-order valence-electron chi connectivity index (χ2n) is 7.34. The van der Waals surface area contributed by atoms with Crippen LogP contribution in [0.3, 0.4) is 0 Å². The fraction of sp³-hybridized carbons (Fsp3) is 0.556. The monoisotopic (exact) mass is 394 g/mol. The van der Waals surface area contributed by atoms with E-state index < -0.39 is 22.0 Å². The molecule has 2 unspecified atom stereocenters. The number of carbonyl (C=O) groups excluding carboxylic acids is 2. The highest BCUT2D eigenvalue weighted by atomic mass is 32.2. The molecule has 2 aliphatic rings. The van der Waals surface area contributed by atoms with Gasteiger partial charge in [0.2, 0.25) is 5.91 Å². The number of piperidine rings is 1. The van der Waals surface area contributed by atoms with Gasteiger partial charge >= 0.3 is 0 Å². The fourth-order valence-corrected chi connectivity index (χ4v) is 5.10. The lowest BCUT2D eigenvalue weighted by Gasteiger charge is -2.35. The minimum atomic E-state index is -4.23. The number of para-hydroxylation sites is 1. The lowest BCUT2D eigenvalue weighted by Crippen LogP contribution is -2.56. The Bertz CT molecular complexity index is 855. The molecule has 0 radical (unpaired) electrons.